The molecule has 0 saturated heterocycles. The second-order valence-corrected chi connectivity index (χ2v) is 12.0. The van der Waals surface area contributed by atoms with E-state index in [0.29, 0.717) is 22.9 Å². The van der Waals surface area contributed by atoms with E-state index in [9.17, 15) is 9.59 Å². The van der Waals surface area contributed by atoms with Gasteiger partial charge < -0.3 is 19.1 Å². The third-order valence-corrected chi connectivity index (χ3v) is 8.41. The molecule has 0 aromatic heterocycles. The molecule has 0 heterocycles. The van der Waals surface area contributed by atoms with Crippen LogP contribution in [0, 0.1) is 0 Å². The number of hydrogen-bond acceptors (Lipinski definition) is 8. The zero-order valence-corrected chi connectivity index (χ0v) is 27.7. The predicted octanol–water partition coefficient (Wildman–Crippen LogP) is 9.55. The fourth-order valence-corrected chi connectivity index (χ4v) is 5.82. The summed E-state index contributed by atoms with van der Waals surface area (Å²) in [4.78, 5) is 27.6. The number of carbonyl (C=O) groups is 2. The van der Waals surface area contributed by atoms with Crippen molar-refractivity contribution >= 4 is 65.0 Å². The van der Waals surface area contributed by atoms with E-state index in [2.05, 4.69) is 28.2 Å². The van der Waals surface area contributed by atoms with Gasteiger partial charge in [-0.2, -0.15) is 24.4 Å². The molecule has 2 N–H and O–H groups in total. The number of rotatable bonds is 17. The first-order chi connectivity index (χ1) is 22.6. The van der Waals surface area contributed by atoms with Crippen LogP contribution >= 0.6 is 24.4 Å². The summed E-state index contributed by atoms with van der Waals surface area (Å²) in [6.45, 7) is -0.0810. The van der Waals surface area contributed by atoms with Crippen LogP contribution < -0.4 is 20.3 Å². The fraction of sp³-hybridized carbons (Fsp3) is 0.278. The number of unbranched alkanes of at least 4 members (excludes halogenated alkanes) is 3. The number of nitrogens with one attached hydrogen (secondary N) is 2. The highest BCUT2D eigenvalue weighted by atomic mass is 32.2. The highest BCUT2D eigenvalue weighted by Gasteiger charge is 2.18. The van der Waals surface area contributed by atoms with Crippen LogP contribution in [0.15, 0.2) is 109 Å². The van der Waals surface area contributed by atoms with Crippen molar-refractivity contribution in [2.24, 2.45) is 0 Å². The minimum Gasteiger partial charge on any atom is -0.497 e. The lowest BCUT2D eigenvalue weighted by atomic mass is 10.2. The summed E-state index contributed by atoms with van der Waals surface area (Å²) in [5.41, 5.74) is 4.13. The standard InChI is InChI=1S/C36H41N3O5S2/c1-42-33-22-18-29(19-23-33)38-36(41)44-34(27-46-25-11-3-2-10-24-45)26-43-35(40)37-28-16-20-32(21-17-28)39(30-12-6-4-7-13-30)31-14-8-5-9-15-31/h4-9,12-23,34,45H,2-3,10-11,24-27H2,1H3,(H,37,40)(H,38,41). The number of hydrogen-bond donors (Lipinski definition) is 3. The van der Waals surface area contributed by atoms with Crippen LogP contribution in [0.2, 0.25) is 0 Å². The van der Waals surface area contributed by atoms with Crippen LogP contribution in [0.3, 0.4) is 0 Å². The topological polar surface area (TPSA) is 89.1 Å². The number of thiol groups is 1. The second-order valence-electron chi connectivity index (χ2n) is 10.4. The number of benzene rings is 4. The van der Waals surface area contributed by atoms with E-state index in [1.54, 1.807) is 43.1 Å². The number of methoxy groups -OCH3 is 1. The first-order valence-electron chi connectivity index (χ1n) is 15.3. The minimum absolute atomic E-state index is 0.0810. The van der Waals surface area contributed by atoms with E-state index in [4.69, 9.17) is 14.2 Å². The third kappa shape index (κ3) is 11.6. The van der Waals surface area contributed by atoms with Gasteiger partial charge >= 0.3 is 12.2 Å². The van der Waals surface area contributed by atoms with E-state index in [1.165, 1.54) is 0 Å². The van der Waals surface area contributed by atoms with Crippen molar-refractivity contribution in [1.82, 2.24) is 0 Å². The van der Waals surface area contributed by atoms with Gasteiger partial charge in [0, 0.05) is 34.2 Å². The van der Waals surface area contributed by atoms with Gasteiger partial charge in [0.15, 0.2) is 0 Å². The summed E-state index contributed by atoms with van der Waals surface area (Å²) in [7, 11) is 1.58. The quantitative estimate of drug-likeness (QED) is 0.0768. The lowest BCUT2D eigenvalue weighted by Gasteiger charge is -2.25. The Hall–Kier alpha value is -4.28. The normalized spacial score (nSPS) is 11.3. The molecule has 10 heteroatoms. The number of nitrogens with zero attached hydrogens (tertiary/aromatic N) is 1. The first kappa shape index (κ1) is 34.6. The first-order valence-corrected chi connectivity index (χ1v) is 17.1. The van der Waals surface area contributed by atoms with Crippen molar-refractivity contribution in [1.29, 1.82) is 0 Å². The third-order valence-electron chi connectivity index (χ3n) is 6.91. The molecular formula is C36H41N3O5S2. The highest BCUT2D eigenvalue weighted by Crippen LogP contribution is 2.34. The van der Waals surface area contributed by atoms with Gasteiger partial charge in [-0.1, -0.05) is 49.2 Å². The van der Waals surface area contributed by atoms with Crippen LogP contribution in [-0.4, -0.2) is 49.3 Å². The Balaban J connectivity index is 1.33. The van der Waals surface area contributed by atoms with Crippen molar-refractivity contribution in [3.8, 4) is 5.75 Å². The molecule has 0 fully saturated rings. The number of ether oxygens (including phenoxy) is 3. The van der Waals surface area contributed by atoms with Gasteiger partial charge in [-0.15, -0.1) is 0 Å². The summed E-state index contributed by atoms with van der Waals surface area (Å²) in [6, 6.07) is 34.7. The molecule has 4 aromatic rings. The average Bonchev–Trinajstić information content (AvgIpc) is 3.09. The number of para-hydroxylation sites is 2. The molecule has 0 saturated carbocycles. The SMILES string of the molecule is COc1ccc(NC(=O)OC(COC(=O)Nc2ccc(N(c3ccccc3)c3ccccc3)cc2)CSCCCCCCS)cc1. The Morgan fingerprint density at radius 2 is 1.26 bits per heavy atom. The molecule has 0 bridgehead atoms. The predicted molar refractivity (Wildman–Crippen MR) is 193 cm³/mol. The molecule has 2 amide bonds. The number of amides is 2. The van der Waals surface area contributed by atoms with E-state index < -0.39 is 18.3 Å². The number of anilines is 5. The molecule has 1 unspecified atom stereocenters. The van der Waals surface area contributed by atoms with Gasteiger partial charge in [0.1, 0.15) is 18.5 Å². The van der Waals surface area contributed by atoms with E-state index >= 15 is 0 Å². The highest BCUT2D eigenvalue weighted by molar-refractivity contribution is 7.99. The molecule has 4 aromatic carbocycles. The molecular weight excluding hydrogens is 619 g/mol. The summed E-state index contributed by atoms with van der Waals surface area (Å²) in [5.74, 6) is 3.00. The van der Waals surface area contributed by atoms with E-state index in [1.807, 2.05) is 84.9 Å². The van der Waals surface area contributed by atoms with Crippen molar-refractivity contribution in [2.75, 3.05) is 46.5 Å². The molecule has 0 aliphatic rings. The van der Waals surface area contributed by atoms with Crippen LogP contribution in [-0.2, 0) is 9.47 Å². The molecule has 4 rings (SSSR count). The Bertz CT molecular complexity index is 1420. The Morgan fingerprint density at radius 1 is 0.717 bits per heavy atom. The Morgan fingerprint density at radius 3 is 1.85 bits per heavy atom. The monoisotopic (exact) mass is 659 g/mol. The maximum absolute atomic E-state index is 12.8. The maximum atomic E-state index is 12.8. The summed E-state index contributed by atoms with van der Waals surface area (Å²) in [6.07, 6.45) is 2.57. The minimum atomic E-state index is -0.628. The van der Waals surface area contributed by atoms with Crippen LogP contribution in [0.1, 0.15) is 25.7 Å². The molecule has 1 atom stereocenters. The maximum Gasteiger partial charge on any atom is 0.412 e. The van der Waals surface area contributed by atoms with Gasteiger partial charge in [-0.3, -0.25) is 10.6 Å². The number of carbonyl (C=O) groups excluding carboxylic acids is 2. The van der Waals surface area contributed by atoms with Crippen LogP contribution in [0.5, 0.6) is 5.75 Å². The largest absolute Gasteiger partial charge is 0.497 e. The number of thioether (sulfide) groups is 1. The van der Waals surface area contributed by atoms with Crippen LogP contribution in [0.4, 0.5) is 38.0 Å². The molecule has 46 heavy (non-hydrogen) atoms. The van der Waals surface area contributed by atoms with Gasteiger partial charge in [-0.05, 0) is 97.1 Å². The van der Waals surface area contributed by atoms with Gasteiger partial charge in [0.25, 0.3) is 0 Å². The fourth-order valence-electron chi connectivity index (χ4n) is 4.59. The van der Waals surface area contributed by atoms with Crippen LogP contribution in [0.25, 0.3) is 0 Å². The molecule has 0 aliphatic heterocycles. The Kier molecular flexibility index (Phi) is 14.5. The molecule has 8 nitrogen and oxygen atoms in total. The van der Waals surface area contributed by atoms with E-state index in [-0.39, 0.29) is 6.61 Å². The van der Waals surface area contributed by atoms with Gasteiger partial charge in [0.05, 0.1) is 7.11 Å². The average molecular weight is 660 g/mol. The molecule has 0 aliphatic carbocycles. The molecule has 0 radical (unpaired) electrons. The summed E-state index contributed by atoms with van der Waals surface area (Å²) in [5, 5.41) is 5.50. The summed E-state index contributed by atoms with van der Waals surface area (Å²) >= 11 is 5.94. The zero-order valence-electron chi connectivity index (χ0n) is 26.0. The van der Waals surface area contributed by atoms with E-state index in [0.717, 1.165) is 54.3 Å². The van der Waals surface area contributed by atoms with Crippen molar-refractivity contribution in [2.45, 2.75) is 31.8 Å². The van der Waals surface area contributed by atoms with Crippen molar-refractivity contribution in [3.05, 3.63) is 109 Å². The van der Waals surface area contributed by atoms with Gasteiger partial charge in [-0.25, -0.2) is 9.59 Å². The zero-order chi connectivity index (χ0) is 32.4. The lowest BCUT2D eigenvalue weighted by Crippen LogP contribution is -2.30. The van der Waals surface area contributed by atoms with Crippen molar-refractivity contribution < 1.29 is 23.8 Å². The smallest absolute Gasteiger partial charge is 0.412 e. The van der Waals surface area contributed by atoms with Crippen molar-refractivity contribution in [3.63, 3.8) is 0 Å². The second kappa shape index (κ2) is 19.3. The molecule has 0 spiro atoms. The summed E-state index contributed by atoms with van der Waals surface area (Å²) < 4.78 is 16.3. The lowest BCUT2D eigenvalue weighted by molar-refractivity contribution is 0.0674. The Labute approximate surface area is 281 Å². The molecule has 242 valence electrons. The van der Waals surface area contributed by atoms with Gasteiger partial charge in [0.2, 0.25) is 0 Å².